The van der Waals surface area contributed by atoms with Gasteiger partial charge in [-0.25, -0.2) is 4.98 Å². The minimum Gasteiger partial charge on any atom is -0.610 e. The van der Waals surface area contributed by atoms with Gasteiger partial charge in [0.25, 0.3) is 0 Å². The van der Waals surface area contributed by atoms with Crippen LogP contribution in [-0.4, -0.2) is 9.54 Å². The predicted molar refractivity (Wildman–Crippen MR) is 70.5 cm³/mol. The number of pyridine rings is 1. The Morgan fingerprint density at radius 3 is 2.59 bits per heavy atom. The first kappa shape index (κ1) is 12.4. The summed E-state index contributed by atoms with van der Waals surface area (Å²) in [6, 6.07) is 11.1. The van der Waals surface area contributed by atoms with Crippen molar-refractivity contribution in [3.05, 3.63) is 58.7 Å². The standard InChI is InChI=1S/C13H12ClNOS/c1-10-6-7-15-13(8-10)17(16)9-11-2-4-12(14)5-3-11/h2-8H,9H2,1H3. The molecular formula is C13H12ClNOS. The van der Waals surface area contributed by atoms with E-state index in [9.17, 15) is 4.55 Å². The van der Waals surface area contributed by atoms with Crippen molar-refractivity contribution in [3.8, 4) is 0 Å². The molecule has 0 fully saturated rings. The van der Waals surface area contributed by atoms with Gasteiger partial charge in [-0.3, -0.25) is 0 Å². The second-order valence-electron chi connectivity index (χ2n) is 3.79. The van der Waals surface area contributed by atoms with E-state index in [1.54, 1.807) is 18.3 Å². The Labute approximate surface area is 109 Å². The second kappa shape index (κ2) is 5.54. The molecule has 0 bridgehead atoms. The van der Waals surface area contributed by atoms with Gasteiger partial charge in [-0.2, -0.15) is 0 Å². The van der Waals surface area contributed by atoms with Crippen LogP contribution in [0.5, 0.6) is 0 Å². The second-order valence-corrected chi connectivity index (χ2v) is 5.62. The molecule has 1 atom stereocenters. The first-order valence-electron chi connectivity index (χ1n) is 5.20. The summed E-state index contributed by atoms with van der Waals surface area (Å²) >= 11 is 4.69. The van der Waals surface area contributed by atoms with Crippen LogP contribution in [-0.2, 0) is 16.9 Å². The molecule has 0 saturated carbocycles. The fourth-order valence-electron chi connectivity index (χ4n) is 1.44. The summed E-state index contributed by atoms with van der Waals surface area (Å²) in [5, 5.41) is 1.31. The SMILES string of the molecule is Cc1ccnc([S+]([O-])Cc2ccc(Cl)cc2)c1. The topological polar surface area (TPSA) is 36.0 Å². The van der Waals surface area contributed by atoms with Crippen LogP contribution >= 0.6 is 11.6 Å². The summed E-state index contributed by atoms with van der Waals surface area (Å²) in [5.74, 6) is 0.466. The molecule has 0 aliphatic carbocycles. The Morgan fingerprint density at radius 2 is 1.94 bits per heavy atom. The van der Waals surface area contributed by atoms with E-state index in [1.165, 1.54) is 0 Å². The molecule has 2 aromatic rings. The van der Waals surface area contributed by atoms with Crippen molar-refractivity contribution in [2.75, 3.05) is 0 Å². The van der Waals surface area contributed by atoms with E-state index in [1.807, 2.05) is 31.2 Å². The normalized spacial score (nSPS) is 12.4. The number of aryl methyl sites for hydroxylation is 1. The number of rotatable bonds is 3. The lowest BCUT2D eigenvalue weighted by Gasteiger charge is -2.09. The number of hydrogen-bond acceptors (Lipinski definition) is 2. The van der Waals surface area contributed by atoms with Crippen molar-refractivity contribution >= 4 is 22.8 Å². The van der Waals surface area contributed by atoms with Gasteiger partial charge in [0.1, 0.15) is 5.75 Å². The molecule has 0 amide bonds. The highest BCUT2D eigenvalue weighted by Crippen LogP contribution is 2.17. The maximum Gasteiger partial charge on any atom is 0.245 e. The van der Waals surface area contributed by atoms with Crippen molar-refractivity contribution in [2.45, 2.75) is 17.7 Å². The maximum absolute atomic E-state index is 12.1. The Hall–Kier alpha value is -1.03. The van der Waals surface area contributed by atoms with E-state index in [0.717, 1.165) is 11.1 Å². The summed E-state index contributed by atoms with van der Waals surface area (Å²) in [7, 11) is 0. The maximum atomic E-state index is 12.1. The van der Waals surface area contributed by atoms with E-state index in [0.29, 0.717) is 15.8 Å². The van der Waals surface area contributed by atoms with E-state index in [2.05, 4.69) is 4.98 Å². The third kappa shape index (κ3) is 3.46. The van der Waals surface area contributed by atoms with E-state index < -0.39 is 11.2 Å². The Kier molecular flexibility index (Phi) is 4.05. The summed E-state index contributed by atoms with van der Waals surface area (Å²) < 4.78 is 12.1. The molecule has 17 heavy (non-hydrogen) atoms. The van der Waals surface area contributed by atoms with Crippen LogP contribution in [0.15, 0.2) is 47.6 Å². The molecule has 0 aliphatic rings. The lowest BCUT2D eigenvalue weighted by Crippen LogP contribution is -2.07. The molecule has 88 valence electrons. The summed E-state index contributed by atoms with van der Waals surface area (Å²) in [6.07, 6.45) is 1.68. The van der Waals surface area contributed by atoms with Crippen LogP contribution in [0.2, 0.25) is 5.02 Å². The quantitative estimate of drug-likeness (QED) is 0.798. The molecule has 1 unspecified atom stereocenters. The van der Waals surface area contributed by atoms with Crippen molar-refractivity contribution < 1.29 is 4.55 Å². The van der Waals surface area contributed by atoms with Gasteiger partial charge in [-0.15, -0.1) is 0 Å². The van der Waals surface area contributed by atoms with E-state index >= 15 is 0 Å². The molecule has 1 aromatic carbocycles. The minimum absolute atomic E-state index is 0.466. The number of benzene rings is 1. The van der Waals surface area contributed by atoms with Gasteiger partial charge in [0.05, 0.1) is 0 Å². The fraction of sp³-hybridized carbons (Fsp3) is 0.154. The van der Waals surface area contributed by atoms with Crippen LogP contribution < -0.4 is 0 Å². The first-order valence-corrected chi connectivity index (χ1v) is 6.90. The molecule has 0 saturated heterocycles. The monoisotopic (exact) mass is 265 g/mol. The van der Waals surface area contributed by atoms with Crippen molar-refractivity contribution in [1.82, 2.24) is 4.98 Å². The first-order chi connectivity index (χ1) is 8.15. The smallest absolute Gasteiger partial charge is 0.245 e. The average molecular weight is 266 g/mol. The van der Waals surface area contributed by atoms with Crippen LogP contribution in [0.1, 0.15) is 11.1 Å². The van der Waals surface area contributed by atoms with Gasteiger partial charge in [-0.1, -0.05) is 23.7 Å². The number of hydrogen-bond donors (Lipinski definition) is 0. The number of halogens is 1. The highest BCUT2D eigenvalue weighted by Gasteiger charge is 2.13. The molecule has 0 N–H and O–H groups in total. The minimum atomic E-state index is -1.11. The molecule has 1 aromatic heterocycles. The Balaban J connectivity index is 2.11. The Morgan fingerprint density at radius 1 is 1.24 bits per heavy atom. The van der Waals surface area contributed by atoms with Crippen LogP contribution in [0, 0.1) is 6.92 Å². The van der Waals surface area contributed by atoms with Gasteiger partial charge in [-0.05, 0) is 30.7 Å². The number of nitrogens with zero attached hydrogens (tertiary/aromatic N) is 1. The van der Waals surface area contributed by atoms with Gasteiger partial charge in [0, 0.05) is 34.0 Å². The molecule has 1 heterocycles. The molecule has 0 aliphatic heterocycles. The lowest BCUT2D eigenvalue weighted by atomic mass is 10.2. The zero-order chi connectivity index (χ0) is 12.3. The van der Waals surface area contributed by atoms with E-state index in [4.69, 9.17) is 11.6 Å². The summed E-state index contributed by atoms with van der Waals surface area (Å²) in [5.41, 5.74) is 2.07. The predicted octanol–water partition coefficient (Wildman–Crippen LogP) is 3.35. The zero-order valence-corrected chi connectivity index (χ0v) is 11.0. The van der Waals surface area contributed by atoms with E-state index in [-0.39, 0.29) is 0 Å². The number of aromatic nitrogens is 1. The zero-order valence-electron chi connectivity index (χ0n) is 9.39. The average Bonchev–Trinajstić information content (AvgIpc) is 2.32. The summed E-state index contributed by atoms with van der Waals surface area (Å²) in [6.45, 7) is 1.96. The van der Waals surface area contributed by atoms with Gasteiger partial charge < -0.3 is 4.55 Å². The van der Waals surface area contributed by atoms with Crippen LogP contribution in [0.3, 0.4) is 0 Å². The largest absolute Gasteiger partial charge is 0.610 e. The summed E-state index contributed by atoms with van der Waals surface area (Å²) in [4.78, 5) is 4.13. The van der Waals surface area contributed by atoms with Gasteiger partial charge >= 0.3 is 0 Å². The third-order valence-electron chi connectivity index (χ3n) is 2.33. The molecule has 0 radical (unpaired) electrons. The van der Waals surface area contributed by atoms with Crippen molar-refractivity contribution in [1.29, 1.82) is 0 Å². The highest BCUT2D eigenvalue weighted by atomic mass is 35.5. The molecular weight excluding hydrogens is 254 g/mol. The van der Waals surface area contributed by atoms with Crippen LogP contribution in [0.4, 0.5) is 0 Å². The Bertz CT molecular complexity index is 501. The molecule has 2 rings (SSSR count). The van der Waals surface area contributed by atoms with Gasteiger partial charge in [0.2, 0.25) is 5.03 Å². The van der Waals surface area contributed by atoms with Crippen molar-refractivity contribution in [2.24, 2.45) is 0 Å². The molecule has 4 heteroatoms. The van der Waals surface area contributed by atoms with Crippen molar-refractivity contribution in [3.63, 3.8) is 0 Å². The van der Waals surface area contributed by atoms with Crippen LogP contribution in [0.25, 0.3) is 0 Å². The molecule has 2 nitrogen and oxygen atoms in total. The highest BCUT2D eigenvalue weighted by molar-refractivity contribution is 7.90. The fourth-order valence-corrected chi connectivity index (χ4v) is 2.70. The lowest BCUT2D eigenvalue weighted by molar-refractivity contribution is 0.590. The third-order valence-corrected chi connectivity index (χ3v) is 3.87. The molecule has 0 spiro atoms. The van der Waals surface area contributed by atoms with Gasteiger partial charge in [0.15, 0.2) is 0 Å².